The number of hydrogen-bond donors (Lipinski definition) is 0. The third-order valence-electron chi connectivity index (χ3n) is 2.24. The Morgan fingerprint density at radius 2 is 1.73 bits per heavy atom. The third-order valence-corrected chi connectivity index (χ3v) is 2.24. The first-order valence-electron chi connectivity index (χ1n) is 5.94. The lowest BCUT2D eigenvalue weighted by Crippen LogP contribution is -1.96. The van der Waals surface area contributed by atoms with Crippen LogP contribution < -0.4 is 4.74 Å². The van der Waals surface area contributed by atoms with Crippen LogP contribution in [0.5, 0.6) is 5.75 Å². The molecule has 0 radical (unpaired) electrons. The summed E-state index contributed by atoms with van der Waals surface area (Å²) in [4.78, 5) is 0. The van der Waals surface area contributed by atoms with Crippen LogP contribution in [0, 0.1) is 13.8 Å². The standard InChI is InChI=1S/C12H18O.C2H6/c1-4-5-8-13-12-7-6-10(2)11(3)9-12;1-2/h6-7,9H,4-5,8H2,1-3H3;1-2H3. The lowest BCUT2D eigenvalue weighted by molar-refractivity contribution is 0.309. The molecule has 0 fully saturated rings. The van der Waals surface area contributed by atoms with E-state index in [1.165, 1.54) is 17.5 Å². The zero-order valence-corrected chi connectivity index (χ0v) is 10.8. The number of aryl methyl sites for hydroxylation is 2. The molecule has 0 aliphatic rings. The summed E-state index contributed by atoms with van der Waals surface area (Å²) in [7, 11) is 0. The van der Waals surface area contributed by atoms with E-state index in [-0.39, 0.29) is 0 Å². The summed E-state index contributed by atoms with van der Waals surface area (Å²) in [6.07, 6.45) is 2.32. The Bertz CT molecular complexity index is 266. The van der Waals surface area contributed by atoms with Gasteiger partial charge in [-0.05, 0) is 43.5 Å². The number of ether oxygens (including phenoxy) is 1. The lowest BCUT2D eigenvalue weighted by Gasteiger charge is -2.07. The molecule has 15 heavy (non-hydrogen) atoms. The van der Waals surface area contributed by atoms with Crippen LogP contribution in [0.15, 0.2) is 18.2 Å². The van der Waals surface area contributed by atoms with Crippen molar-refractivity contribution in [2.45, 2.75) is 47.5 Å². The molecule has 0 saturated carbocycles. The zero-order valence-electron chi connectivity index (χ0n) is 10.8. The fourth-order valence-corrected chi connectivity index (χ4v) is 1.14. The summed E-state index contributed by atoms with van der Waals surface area (Å²) in [5.41, 5.74) is 2.62. The Morgan fingerprint density at radius 3 is 2.27 bits per heavy atom. The predicted octanol–water partition coefficient (Wildman–Crippen LogP) is 4.51. The summed E-state index contributed by atoms with van der Waals surface area (Å²) in [5, 5.41) is 0. The molecular weight excluding hydrogens is 184 g/mol. The first-order valence-corrected chi connectivity index (χ1v) is 5.94. The number of hydrogen-bond acceptors (Lipinski definition) is 1. The van der Waals surface area contributed by atoms with Crippen LogP contribution in [0.4, 0.5) is 0 Å². The van der Waals surface area contributed by atoms with Crippen LogP contribution >= 0.6 is 0 Å². The van der Waals surface area contributed by atoms with Crippen LogP contribution in [0.3, 0.4) is 0 Å². The van der Waals surface area contributed by atoms with Crippen molar-refractivity contribution in [1.29, 1.82) is 0 Å². The molecule has 0 atom stereocenters. The van der Waals surface area contributed by atoms with E-state index < -0.39 is 0 Å². The van der Waals surface area contributed by atoms with Crippen molar-refractivity contribution in [3.05, 3.63) is 29.3 Å². The second-order valence-corrected chi connectivity index (χ2v) is 3.45. The minimum atomic E-state index is 0.832. The van der Waals surface area contributed by atoms with E-state index in [0.717, 1.165) is 18.8 Å². The van der Waals surface area contributed by atoms with Gasteiger partial charge in [-0.25, -0.2) is 0 Å². The minimum absolute atomic E-state index is 0.832. The van der Waals surface area contributed by atoms with Crippen molar-refractivity contribution < 1.29 is 4.74 Å². The molecule has 0 bridgehead atoms. The van der Waals surface area contributed by atoms with E-state index in [2.05, 4.69) is 32.9 Å². The molecule has 86 valence electrons. The van der Waals surface area contributed by atoms with Crippen LogP contribution in [-0.2, 0) is 0 Å². The van der Waals surface area contributed by atoms with Crippen molar-refractivity contribution in [3.63, 3.8) is 0 Å². The molecule has 1 aromatic carbocycles. The second-order valence-electron chi connectivity index (χ2n) is 3.45. The molecule has 0 N–H and O–H groups in total. The lowest BCUT2D eigenvalue weighted by atomic mass is 10.1. The molecule has 0 aliphatic carbocycles. The van der Waals surface area contributed by atoms with Crippen molar-refractivity contribution in [2.24, 2.45) is 0 Å². The summed E-state index contributed by atoms with van der Waals surface area (Å²) in [6, 6.07) is 6.25. The maximum Gasteiger partial charge on any atom is 0.119 e. The Hall–Kier alpha value is -0.980. The quantitative estimate of drug-likeness (QED) is 0.661. The molecular formula is C14H24O. The summed E-state index contributed by atoms with van der Waals surface area (Å²) < 4.78 is 5.58. The highest BCUT2D eigenvalue weighted by atomic mass is 16.5. The third kappa shape index (κ3) is 5.46. The summed E-state index contributed by atoms with van der Waals surface area (Å²) in [5.74, 6) is 0.997. The highest BCUT2D eigenvalue weighted by molar-refractivity contribution is 5.33. The molecule has 0 aliphatic heterocycles. The van der Waals surface area contributed by atoms with Gasteiger partial charge in [0.2, 0.25) is 0 Å². The Labute approximate surface area is 94.5 Å². The normalized spacial score (nSPS) is 9.13. The fourth-order valence-electron chi connectivity index (χ4n) is 1.14. The monoisotopic (exact) mass is 208 g/mol. The first kappa shape index (κ1) is 14.0. The minimum Gasteiger partial charge on any atom is -0.494 e. The highest BCUT2D eigenvalue weighted by Gasteiger charge is 1.96. The van der Waals surface area contributed by atoms with Crippen LogP contribution in [-0.4, -0.2) is 6.61 Å². The fraction of sp³-hybridized carbons (Fsp3) is 0.571. The SMILES string of the molecule is CC.CCCCOc1ccc(C)c(C)c1. The topological polar surface area (TPSA) is 9.23 Å². The molecule has 0 spiro atoms. The van der Waals surface area contributed by atoms with Gasteiger partial charge >= 0.3 is 0 Å². The Kier molecular flexibility index (Phi) is 7.79. The van der Waals surface area contributed by atoms with E-state index >= 15 is 0 Å². The van der Waals surface area contributed by atoms with Crippen molar-refractivity contribution >= 4 is 0 Å². The Balaban J connectivity index is 0.000000921. The van der Waals surface area contributed by atoms with E-state index in [0.29, 0.717) is 0 Å². The molecule has 0 amide bonds. The van der Waals surface area contributed by atoms with E-state index in [9.17, 15) is 0 Å². The van der Waals surface area contributed by atoms with E-state index in [1.54, 1.807) is 0 Å². The number of unbranched alkanes of at least 4 members (excludes halogenated alkanes) is 1. The molecule has 0 unspecified atom stereocenters. The van der Waals surface area contributed by atoms with Gasteiger partial charge in [0.15, 0.2) is 0 Å². The van der Waals surface area contributed by atoms with Crippen LogP contribution in [0.25, 0.3) is 0 Å². The van der Waals surface area contributed by atoms with E-state index in [1.807, 2.05) is 19.9 Å². The van der Waals surface area contributed by atoms with Crippen LogP contribution in [0.1, 0.15) is 44.7 Å². The molecule has 0 aromatic heterocycles. The second kappa shape index (κ2) is 8.34. The molecule has 1 nitrogen and oxygen atoms in total. The van der Waals surface area contributed by atoms with Crippen molar-refractivity contribution in [2.75, 3.05) is 6.61 Å². The summed E-state index contributed by atoms with van der Waals surface area (Å²) in [6.45, 7) is 11.2. The van der Waals surface area contributed by atoms with Gasteiger partial charge in [-0.2, -0.15) is 0 Å². The van der Waals surface area contributed by atoms with Gasteiger partial charge in [-0.3, -0.25) is 0 Å². The highest BCUT2D eigenvalue weighted by Crippen LogP contribution is 2.16. The smallest absolute Gasteiger partial charge is 0.119 e. The van der Waals surface area contributed by atoms with Gasteiger partial charge in [0.25, 0.3) is 0 Å². The van der Waals surface area contributed by atoms with E-state index in [4.69, 9.17) is 4.74 Å². The first-order chi connectivity index (χ1) is 7.24. The molecule has 1 rings (SSSR count). The van der Waals surface area contributed by atoms with Crippen LogP contribution in [0.2, 0.25) is 0 Å². The molecule has 1 heteroatoms. The maximum absolute atomic E-state index is 5.58. The van der Waals surface area contributed by atoms with Gasteiger partial charge in [-0.15, -0.1) is 0 Å². The largest absolute Gasteiger partial charge is 0.494 e. The average Bonchev–Trinajstić information content (AvgIpc) is 2.27. The molecule has 0 heterocycles. The number of rotatable bonds is 4. The average molecular weight is 208 g/mol. The molecule has 1 aromatic rings. The predicted molar refractivity (Wildman–Crippen MR) is 67.7 cm³/mol. The maximum atomic E-state index is 5.58. The Morgan fingerprint density at radius 1 is 1.07 bits per heavy atom. The van der Waals surface area contributed by atoms with Gasteiger partial charge in [-0.1, -0.05) is 33.3 Å². The molecule has 0 saturated heterocycles. The van der Waals surface area contributed by atoms with Gasteiger partial charge < -0.3 is 4.74 Å². The zero-order chi connectivity index (χ0) is 11.7. The van der Waals surface area contributed by atoms with Gasteiger partial charge in [0.1, 0.15) is 5.75 Å². The summed E-state index contributed by atoms with van der Waals surface area (Å²) >= 11 is 0. The van der Waals surface area contributed by atoms with Gasteiger partial charge in [0.05, 0.1) is 6.61 Å². The van der Waals surface area contributed by atoms with Crippen molar-refractivity contribution in [3.8, 4) is 5.75 Å². The van der Waals surface area contributed by atoms with Crippen molar-refractivity contribution in [1.82, 2.24) is 0 Å². The number of benzene rings is 1. The van der Waals surface area contributed by atoms with Gasteiger partial charge in [0, 0.05) is 0 Å².